The fourth-order valence-corrected chi connectivity index (χ4v) is 2.64. The van der Waals surface area contributed by atoms with Crippen LogP contribution >= 0.6 is 0 Å². The number of aromatic carboxylic acids is 1. The molecule has 0 fully saturated rings. The molecule has 2 aromatic heterocycles. The first-order valence-electron chi connectivity index (χ1n) is 5.47. The topological polar surface area (TPSA) is 122 Å². The number of anilines is 1. The van der Waals surface area contributed by atoms with Crippen LogP contribution in [0.2, 0.25) is 0 Å². The molecule has 0 aromatic carbocycles. The zero-order valence-electron chi connectivity index (χ0n) is 10.4. The molecule has 2 rings (SSSR count). The number of nitrogens with one attached hydrogen (secondary N) is 1. The first-order valence-corrected chi connectivity index (χ1v) is 7.12. The van der Waals surface area contributed by atoms with E-state index in [4.69, 9.17) is 9.63 Å². The predicted octanol–water partition coefficient (Wildman–Crippen LogP) is 1.02. The molecule has 0 unspecified atom stereocenters. The molecule has 2 aromatic rings. The Morgan fingerprint density at radius 3 is 2.85 bits per heavy atom. The molecule has 0 atom stereocenters. The lowest BCUT2D eigenvalue weighted by Crippen LogP contribution is -2.17. The summed E-state index contributed by atoms with van der Waals surface area (Å²) in [7, 11) is -3.81. The number of hydrogen-bond acceptors (Lipinski definition) is 6. The number of rotatable bonds is 5. The Kier molecular flexibility index (Phi) is 3.70. The van der Waals surface area contributed by atoms with Crippen LogP contribution in [-0.2, 0) is 15.8 Å². The third-order valence-electron chi connectivity index (χ3n) is 2.33. The Bertz CT molecular complexity index is 738. The second kappa shape index (κ2) is 5.29. The number of pyridine rings is 1. The highest BCUT2D eigenvalue weighted by Crippen LogP contribution is 2.17. The van der Waals surface area contributed by atoms with Crippen molar-refractivity contribution in [3.05, 3.63) is 41.5 Å². The van der Waals surface area contributed by atoms with E-state index in [1.807, 2.05) is 0 Å². The van der Waals surface area contributed by atoms with E-state index < -0.39 is 21.7 Å². The van der Waals surface area contributed by atoms with Crippen LogP contribution < -0.4 is 4.72 Å². The predicted molar refractivity (Wildman–Crippen MR) is 68.7 cm³/mol. The normalized spacial score (nSPS) is 11.2. The van der Waals surface area contributed by atoms with E-state index in [0.717, 1.165) is 6.20 Å². The minimum atomic E-state index is -3.81. The number of sulfonamides is 1. The number of carboxylic acid groups (broad SMARTS) is 1. The van der Waals surface area contributed by atoms with Gasteiger partial charge in [0.25, 0.3) is 0 Å². The van der Waals surface area contributed by atoms with Crippen molar-refractivity contribution in [3.8, 4) is 0 Å². The maximum Gasteiger partial charge on any atom is 0.337 e. The van der Waals surface area contributed by atoms with Crippen molar-refractivity contribution in [2.75, 3.05) is 4.72 Å². The van der Waals surface area contributed by atoms with Gasteiger partial charge in [-0.05, 0) is 13.0 Å². The van der Waals surface area contributed by atoms with E-state index in [1.165, 1.54) is 18.3 Å². The molecule has 2 N–H and O–H groups in total. The molecule has 0 aliphatic heterocycles. The number of nitrogens with zero attached hydrogens (tertiary/aromatic N) is 2. The van der Waals surface area contributed by atoms with Crippen molar-refractivity contribution in [2.45, 2.75) is 12.7 Å². The summed E-state index contributed by atoms with van der Waals surface area (Å²) in [6.07, 6.45) is 2.40. The van der Waals surface area contributed by atoms with Crippen LogP contribution in [0.4, 0.5) is 5.69 Å². The number of aromatic nitrogens is 2. The van der Waals surface area contributed by atoms with E-state index in [2.05, 4.69) is 14.9 Å². The van der Waals surface area contributed by atoms with Crippen LogP contribution in [0.25, 0.3) is 0 Å². The van der Waals surface area contributed by atoms with E-state index in [1.54, 1.807) is 6.92 Å². The van der Waals surface area contributed by atoms with Gasteiger partial charge in [-0.3, -0.25) is 9.71 Å². The quantitative estimate of drug-likeness (QED) is 0.844. The smallest absolute Gasteiger partial charge is 0.337 e. The van der Waals surface area contributed by atoms with Crippen LogP contribution in [-0.4, -0.2) is 29.6 Å². The van der Waals surface area contributed by atoms with E-state index >= 15 is 0 Å². The van der Waals surface area contributed by atoms with E-state index in [9.17, 15) is 13.2 Å². The summed E-state index contributed by atoms with van der Waals surface area (Å²) in [5.41, 5.74) is -0.0455. The van der Waals surface area contributed by atoms with Gasteiger partial charge in [0, 0.05) is 12.3 Å². The zero-order valence-corrected chi connectivity index (χ0v) is 11.2. The average Bonchev–Trinajstić information content (AvgIpc) is 2.73. The summed E-state index contributed by atoms with van der Waals surface area (Å²) in [4.78, 5) is 14.7. The van der Waals surface area contributed by atoms with Gasteiger partial charge in [0.1, 0.15) is 17.2 Å². The molecule has 0 spiro atoms. The summed E-state index contributed by atoms with van der Waals surface area (Å²) in [5, 5.41) is 12.5. The summed E-state index contributed by atoms with van der Waals surface area (Å²) < 4.78 is 30.8. The Balaban J connectivity index is 2.22. The molecule has 0 saturated carbocycles. The van der Waals surface area contributed by atoms with Crippen molar-refractivity contribution in [3.63, 3.8) is 0 Å². The minimum Gasteiger partial charge on any atom is -0.478 e. The lowest BCUT2D eigenvalue weighted by atomic mass is 10.2. The molecule has 8 nitrogen and oxygen atoms in total. The van der Waals surface area contributed by atoms with Gasteiger partial charge in [-0.25, -0.2) is 13.2 Å². The molecule has 9 heteroatoms. The third kappa shape index (κ3) is 3.32. The van der Waals surface area contributed by atoms with Crippen LogP contribution in [0.3, 0.4) is 0 Å². The fourth-order valence-electron chi connectivity index (χ4n) is 1.55. The first kappa shape index (κ1) is 14.0. The zero-order chi connectivity index (χ0) is 14.8. The number of aryl methyl sites for hydroxylation is 1. The van der Waals surface area contributed by atoms with Gasteiger partial charge in [-0.1, -0.05) is 5.16 Å². The number of carboxylic acids is 1. The second-order valence-electron chi connectivity index (χ2n) is 4.02. The molecule has 0 amide bonds. The highest BCUT2D eigenvalue weighted by Gasteiger charge is 2.18. The van der Waals surface area contributed by atoms with Gasteiger partial charge in [-0.15, -0.1) is 0 Å². The standard InChI is InChI=1S/C11H11N3O5S/c1-7-4-8(13-19-7)6-20(17,18)14-10-5-12-3-2-9(10)11(15)16/h2-5,14H,6H2,1H3,(H,15,16). The minimum absolute atomic E-state index is 0.0970. The average molecular weight is 297 g/mol. The fraction of sp³-hybridized carbons (Fsp3) is 0.182. The summed E-state index contributed by atoms with van der Waals surface area (Å²) >= 11 is 0. The van der Waals surface area contributed by atoms with Crippen molar-refractivity contribution in [1.82, 2.24) is 10.1 Å². The molecule has 0 aliphatic carbocycles. The monoisotopic (exact) mass is 297 g/mol. The summed E-state index contributed by atoms with van der Waals surface area (Å²) in [6.45, 7) is 1.64. The molecule has 0 saturated heterocycles. The van der Waals surface area contributed by atoms with Gasteiger partial charge in [0.2, 0.25) is 10.0 Å². The van der Waals surface area contributed by atoms with Gasteiger partial charge in [0.05, 0.1) is 17.4 Å². The Morgan fingerprint density at radius 1 is 1.50 bits per heavy atom. The lowest BCUT2D eigenvalue weighted by Gasteiger charge is -2.08. The maximum atomic E-state index is 11.9. The molecule has 0 radical (unpaired) electrons. The third-order valence-corrected chi connectivity index (χ3v) is 3.54. The van der Waals surface area contributed by atoms with Crippen molar-refractivity contribution in [1.29, 1.82) is 0 Å². The summed E-state index contributed by atoms with van der Waals surface area (Å²) in [5.74, 6) is -1.18. The van der Waals surface area contributed by atoms with E-state index in [0.29, 0.717) is 5.76 Å². The number of carbonyl (C=O) groups is 1. The van der Waals surface area contributed by atoms with Gasteiger partial charge in [-0.2, -0.15) is 0 Å². The maximum absolute atomic E-state index is 11.9. The molecule has 2 heterocycles. The van der Waals surface area contributed by atoms with Gasteiger partial charge >= 0.3 is 5.97 Å². The molecular weight excluding hydrogens is 286 g/mol. The second-order valence-corrected chi connectivity index (χ2v) is 5.74. The van der Waals surface area contributed by atoms with Gasteiger partial charge in [0.15, 0.2) is 0 Å². The highest BCUT2D eigenvalue weighted by molar-refractivity contribution is 7.91. The lowest BCUT2D eigenvalue weighted by molar-refractivity contribution is 0.0698. The highest BCUT2D eigenvalue weighted by atomic mass is 32.2. The largest absolute Gasteiger partial charge is 0.478 e. The molecule has 0 aliphatic rings. The molecular formula is C11H11N3O5S. The van der Waals surface area contributed by atoms with Crippen molar-refractivity contribution < 1.29 is 22.8 Å². The number of hydrogen-bond donors (Lipinski definition) is 2. The van der Waals surface area contributed by atoms with E-state index in [-0.39, 0.29) is 16.9 Å². The molecule has 0 bridgehead atoms. The summed E-state index contributed by atoms with van der Waals surface area (Å²) in [6, 6.07) is 2.70. The molecule has 20 heavy (non-hydrogen) atoms. The van der Waals surface area contributed by atoms with Crippen LogP contribution in [0.5, 0.6) is 0 Å². The van der Waals surface area contributed by atoms with Gasteiger partial charge < -0.3 is 9.63 Å². The SMILES string of the molecule is Cc1cc(CS(=O)(=O)Nc2cnccc2C(=O)O)no1. The Morgan fingerprint density at radius 2 is 2.25 bits per heavy atom. The Hall–Kier alpha value is -2.42. The van der Waals surface area contributed by atoms with Crippen molar-refractivity contribution >= 4 is 21.7 Å². The van der Waals surface area contributed by atoms with Crippen LogP contribution in [0.15, 0.2) is 29.0 Å². The first-order chi connectivity index (χ1) is 9.37. The molecule has 106 valence electrons. The van der Waals surface area contributed by atoms with Crippen molar-refractivity contribution in [2.24, 2.45) is 0 Å². The van der Waals surface area contributed by atoms with Crippen LogP contribution in [0.1, 0.15) is 21.8 Å². The van der Waals surface area contributed by atoms with Crippen LogP contribution in [0, 0.1) is 6.92 Å². The Labute approximate surface area is 114 Å².